The van der Waals surface area contributed by atoms with Crippen LogP contribution in [0.2, 0.25) is 0 Å². The molecule has 0 heterocycles. The largest absolute Gasteiger partial charge is 0.357 e. The Hall–Kier alpha value is -2.89. The summed E-state index contributed by atoms with van der Waals surface area (Å²) in [6, 6.07) is 15.9. The molecule has 6 heteroatoms. The van der Waals surface area contributed by atoms with Crippen LogP contribution in [0.3, 0.4) is 0 Å². The smallest absolute Gasteiger partial charge is 0.239 e. The summed E-state index contributed by atoms with van der Waals surface area (Å²) in [4.78, 5) is 16.3. The first-order chi connectivity index (χ1) is 12.2. The van der Waals surface area contributed by atoms with Crippen LogP contribution in [0, 0.1) is 5.82 Å². The highest BCUT2D eigenvalue weighted by molar-refractivity contribution is 5.86. The lowest BCUT2D eigenvalue weighted by Crippen LogP contribution is -2.43. The van der Waals surface area contributed by atoms with E-state index in [1.54, 1.807) is 12.1 Å². The van der Waals surface area contributed by atoms with Gasteiger partial charge in [-0.25, -0.2) is 9.38 Å². The number of rotatable bonds is 7. The third kappa shape index (κ3) is 7.03. The normalized spacial score (nSPS) is 11.0. The lowest BCUT2D eigenvalue weighted by atomic mass is 10.2. The van der Waals surface area contributed by atoms with Crippen molar-refractivity contribution in [3.63, 3.8) is 0 Å². The standard InChI is InChI=1S/C19H23FN4O/c1-2-21-19(23-13-16-8-10-17(20)11-9-16)24-14-18(25)22-12-15-6-4-3-5-7-15/h3-11H,2,12-14H2,1H3,(H,22,25)(H2,21,23,24). The molecule has 25 heavy (non-hydrogen) atoms. The van der Waals surface area contributed by atoms with Gasteiger partial charge in [-0.2, -0.15) is 0 Å². The maximum absolute atomic E-state index is 12.9. The number of nitrogens with zero attached hydrogens (tertiary/aromatic N) is 1. The molecule has 3 N–H and O–H groups in total. The molecule has 1 amide bonds. The molecule has 2 aromatic rings. The quantitative estimate of drug-likeness (QED) is 0.534. The van der Waals surface area contributed by atoms with Crippen LogP contribution in [0.4, 0.5) is 4.39 Å². The molecule has 0 atom stereocenters. The Morgan fingerprint density at radius 2 is 1.68 bits per heavy atom. The summed E-state index contributed by atoms with van der Waals surface area (Å²) in [5, 5.41) is 8.92. The van der Waals surface area contributed by atoms with Crippen LogP contribution in [0.25, 0.3) is 0 Å². The monoisotopic (exact) mass is 342 g/mol. The Morgan fingerprint density at radius 1 is 0.960 bits per heavy atom. The zero-order chi connectivity index (χ0) is 17.9. The zero-order valence-corrected chi connectivity index (χ0v) is 14.3. The van der Waals surface area contributed by atoms with Crippen molar-refractivity contribution in [2.45, 2.75) is 20.0 Å². The first-order valence-electron chi connectivity index (χ1n) is 8.24. The number of aliphatic imine (C=N–C) groups is 1. The average molecular weight is 342 g/mol. The lowest BCUT2D eigenvalue weighted by Gasteiger charge is -2.11. The Labute approximate surface area is 147 Å². The van der Waals surface area contributed by atoms with E-state index in [0.29, 0.717) is 25.6 Å². The van der Waals surface area contributed by atoms with Crippen molar-refractivity contribution in [3.05, 3.63) is 71.5 Å². The van der Waals surface area contributed by atoms with Crippen molar-refractivity contribution in [3.8, 4) is 0 Å². The molecule has 0 fully saturated rings. The molecule has 0 saturated carbocycles. The van der Waals surface area contributed by atoms with Gasteiger partial charge in [-0.05, 0) is 30.2 Å². The Kier molecular flexibility index (Phi) is 7.43. The molecule has 0 bridgehead atoms. The second kappa shape index (κ2) is 10.1. The minimum atomic E-state index is -0.271. The van der Waals surface area contributed by atoms with E-state index in [9.17, 15) is 9.18 Å². The molecule has 0 aromatic heterocycles. The molecule has 0 unspecified atom stereocenters. The molecule has 0 spiro atoms. The first kappa shape index (κ1) is 18.4. The Bertz CT molecular complexity index is 686. The Morgan fingerprint density at radius 3 is 2.36 bits per heavy atom. The minimum Gasteiger partial charge on any atom is -0.357 e. The topological polar surface area (TPSA) is 65.5 Å². The molecule has 0 radical (unpaired) electrons. The van der Waals surface area contributed by atoms with Crippen LogP contribution in [0.15, 0.2) is 59.6 Å². The third-order valence-corrected chi connectivity index (χ3v) is 3.43. The molecule has 132 valence electrons. The van der Waals surface area contributed by atoms with Gasteiger partial charge in [0.05, 0.1) is 13.1 Å². The Balaban J connectivity index is 1.80. The van der Waals surface area contributed by atoms with E-state index in [1.807, 2.05) is 37.3 Å². The lowest BCUT2D eigenvalue weighted by molar-refractivity contribution is -0.120. The fourth-order valence-corrected chi connectivity index (χ4v) is 2.12. The van der Waals surface area contributed by atoms with E-state index >= 15 is 0 Å². The number of hydrogen-bond donors (Lipinski definition) is 3. The predicted octanol–water partition coefficient (Wildman–Crippen LogP) is 2.20. The number of carbonyl (C=O) groups excluding carboxylic acids is 1. The maximum atomic E-state index is 12.9. The van der Waals surface area contributed by atoms with E-state index in [2.05, 4.69) is 20.9 Å². The molecule has 0 aliphatic rings. The van der Waals surface area contributed by atoms with Gasteiger partial charge >= 0.3 is 0 Å². The number of guanidine groups is 1. The van der Waals surface area contributed by atoms with Crippen molar-refractivity contribution in [2.24, 2.45) is 4.99 Å². The summed E-state index contributed by atoms with van der Waals surface area (Å²) >= 11 is 0. The maximum Gasteiger partial charge on any atom is 0.239 e. The second-order valence-electron chi connectivity index (χ2n) is 5.44. The molecule has 0 aliphatic heterocycles. The van der Waals surface area contributed by atoms with Gasteiger partial charge in [0.25, 0.3) is 0 Å². The highest BCUT2D eigenvalue weighted by Gasteiger charge is 2.03. The van der Waals surface area contributed by atoms with Crippen molar-refractivity contribution in [1.29, 1.82) is 0 Å². The van der Waals surface area contributed by atoms with Crippen LogP contribution >= 0.6 is 0 Å². The van der Waals surface area contributed by atoms with Gasteiger partial charge in [-0.1, -0.05) is 42.5 Å². The molecule has 5 nitrogen and oxygen atoms in total. The fraction of sp³-hybridized carbons (Fsp3) is 0.263. The summed E-state index contributed by atoms with van der Waals surface area (Å²) in [5.74, 6) is 0.158. The molecule has 2 rings (SSSR count). The molecule has 0 saturated heterocycles. The van der Waals surface area contributed by atoms with Gasteiger partial charge in [-0.3, -0.25) is 4.79 Å². The van der Waals surface area contributed by atoms with E-state index in [0.717, 1.165) is 11.1 Å². The number of hydrogen-bond acceptors (Lipinski definition) is 2. The van der Waals surface area contributed by atoms with Crippen LogP contribution < -0.4 is 16.0 Å². The van der Waals surface area contributed by atoms with Gasteiger partial charge in [-0.15, -0.1) is 0 Å². The summed E-state index contributed by atoms with van der Waals surface area (Å²) in [7, 11) is 0. The van der Waals surface area contributed by atoms with Crippen molar-refractivity contribution in [1.82, 2.24) is 16.0 Å². The fourth-order valence-electron chi connectivity index (χ4n) is 2.12. The summed E-state index contributed by atoms with van der Waals surface area (Å²) in [5.41, 5.74) is 1.94. The number of halogens is 1. The molecule has 2 aromatic carbocycles. The number of benzene rings is 2. The predicted molar refractivity (Wildman–Crippen MR) is 97.5 cm³/mol. The van der Waals surface area contributed by atoms with E-state index in [4.69, 9.17) is 0 Å². The van der Waals surface area contributed by atoms with Crippen LogP contribution in [0.1, 0.15) is 18.1 Å². The third-order valence-electron chi connectivity index (χ3n) is 3.43. The molecular formula is C19H23FN4O. The molecular weight excluding hydrogens is 319 g/mol. The van der Waals surface area contributed by atoms with Gasteiger partial charge < -0.3 is 16.0 Å². The van der Waals surface area contributed by atoms with E-state index < -0.39 is 0 Å². The summed E-state index contributed by atoms with van der Waals surface area (Å²) in [6.07, 6.45) is 0. The second-order valence-corrected chi connectivity index (χ2v) is 5.44. The first-order valence-corrected chi connectivity index (χ1v) is 8.24. The highest BCUT2D eigenvalue weighted by Crippen LogP contribution is 2.03. The van der Waals surface area contributed by atoms with Crippen LogP contribution in [-0.2, 0) is 17.9 Å². The zero-order valence-electron chi connectivity index (χ0n) is 14.3. The average Bonchev–Trinajstić information content (AvgIpc) is 2.64. The van der Waals surface area contributed by atoms with Gasteiger partial charge in [0.1, 0.15) is 5.82 Å². The van der Waals surface area contributed by atoms with Crippen LogP contribution in [0.5, 0.6) is 0 Å². The van der Waals surface area contributed by atoms with Crippen molar-refractivity contribution < 1.29 is 9.18 Å². The summed E-state index contributed by atoms with van der Waals surface area (Å²) < 4.78 is 12.9. The minimum absolute atomic E-state index is 0.115. The van der Waals surface area contributed by atoms with Gasteiger partial charge in [0.15, 0.2) is 5.96 Å². The number of amides is 1. The number of nitrogens with one attached hydrogen (secondary N) is 3. The number of carbonyl (C=O) groups is 1. The van der Waals surface area contributed by atoms with E-state index in [1.165, 1.54) is 12.1 Å². The molecule has 0 aliphatic carbocycles. The van der Waals surface area contributed by atoms with Gasteiger partial charge in [0.2, 0.25) is 5.91 Å². The van der Waals surface area contributed by atoms with E-state index in [-0.39, 0.29) is 18.3 Å². The van der Waals surface area contributed by atoms with Crippen molar-refractivity contribution in [2.75, 3.05) is 13.1 Å². The van der Waals surface area contributed by atoms with Crippen molar-refractivity contribution >= 4 is 11.9 Å². The van der Waals surface area contributed by atoms with Crippen LogP contribution in [-0.4, -0.2) is 25.0 Å². The SMILES string of the molecule is CCNC(=NCc1ccc(F)cc1)NCC(=O)NCc1ccccc1. The highest BCUT2D eigenvalue weighted by atomic mass is 19.1. The van der Waals surface area contributed by atoms with Gasteiger partial charge in [0, 0.05) is 13.1 Å². The summed E-state index contributed by atoms with van der Waals surface area (Å²) in [6.45, 7) is 3.65.